The van der Waals surface area contributed by atoms with Gasteiger partial charge in [0, 0.05) is 17.1 Å². The Morgan fingerprint density at radius 1 is 1.50 bits per heavy atom. The largest absolute Gasteiger partial charge is 0.381 e. The van der Waals surface area contributed by atoms with Gasteiger partial charge in [-0.25, -0.2) is 4.39 Å². The first-order chi connectivity index (χ1) is 8.69. The quantitative estimate of drug-likeness (QED) is 0.662. The molecule has 0 radical (unpaired) electrons. The van der Waals surface area contributed by atoms with Crippen molar-refractivity contribution in [1.29, 1.82) is 0 Å². The highest BCUT2D eigenvalue weighted by molar-refractivity contribution is 9.10. The number of hydrogen-bond donors (Lipinski definition) is 2. The van der Waals surface area contributed by atoms with E-state index in [-0.39, 0.29) is 11.9 Å². The maximum atomic E-state index is 13.3. The topological polar surface area (TPSA) is 47.3 Å². The van der Waals surface area contributed by atoms with E-state index in [9.17, 15) is 4.39 Å². The van der Waals surface area contributed by atoms with Crippen LogP contribution < -0.4 is 11.3 Å². The zero-order chi connectivity index (χ0) is 13.0. The summed E-state index contributed by atoms with van der Waals surface area (Å²) in [5.74, 6) is 5.78. The highest BCUT2D eigenvalue weighted by atomic mass is 79.9. The molecule has 18 heavy (non-hydrogen) atoms. The molecule has 2 atom stereocenters. The van der Waals surface area contributed by atoms with E-state index in [0.717, 1.165) is 36.1 Å². The predicted molar refractivity (Wildman–Crippen MR) is 72.5 cm³/mol. The third kappa shape index (κ3) is 3.75. The number of halogens is 2. The standard InChI is InChI=1S/C13H18BrFN2O/c14-11-4-9(5-12(15)7-11)6-13(17-16)10-2-1-3-18-8-10/h4-5,7,10,13,17H,1-3,6,8,16H2. The van der Waals surface area contributed by atoms with E-state index in [2.05, 4.69) is 21.4 Å². The smallest absolute Gasteiger partial charge is 0.124 e. The number of rotatable bonds is 4. The zero-order valence-corrected chi connectivity index (χ0v) is 11.7. The lowest BCUT2D eigenvalue weighted by Crippen LogP contribution is -2.45. The Labute approximate surface area is 115 Å². The van der Waals surface area contributed by atoms with Crippen molar-refractivity contribution < 1.29 is 9.13 Å². The third-order valence-electron chi connectivity index (χ3n) is 3.36. The molecule has 100 valence electrons. The molecule has 3 nitrogen and oxygen atoms in total. The van der Waals surface area contributed by atoms with Crippen LogP contribution in [0.5, 0.6) is 0 Å². The maximum Gasteiger partial charge on any atom is 0.124 e. The number of hydrazine groups is 1. The molecule has 0 bridgehead atoms. The predicted octanol–water partition coefficient (Wildman–Crippen LogP) is 2.39. The van der Waals surface area contributed by atoms with Crippen molar-refractivity contribution in [2.45, 2.75) is 25.3 Å². The van der Waals surface area contributed by atoms with Crippen molar-refractivity contribution >= 4 is 15.9 Å². The summed E-state index contributed by atoms with van der Waals surface area (Å²) in [4.78, 5) is 0. The van der Waals surface area contributed by atoms with E-state index in [1.54, 1.807) is 6.07 Å². The summed E-state index contributed by atoms with van der Waals surface area (Å²) in [5, 5.41) is 0. The monoisotopic (exact) mass is 316 g/mol. The van der Waals surface area contributed by atoms with Crippen LogP contribution in [0.25, 0.3) is 0 Å². The molecule has 2 unspecified atom stereocenters. The molecule has 1 aliphatic heterocycles. The van der Waals surface area contributed by atoms with Crippen LogP contribution >= 0.6 is 15.9 Å². The Morgan fingerprint density at radius 2 is 2.33 bits per heavy atom. The van der Waals surface area contributed by atoms with Gasteiger partial charge in [0.1, 0.15) is 5.82 Å². The van der Waals surface area contributed by atoms with Gasteiger partial charge in [0.15, 0.2) is 0 Å². The minimum Gasteiger partial charge on any atom is -0.381 e. The minimum atomic E-state index is -0.227. The Bertz CT molecular complexity index is 376. The molecular weight excluding hydrogens is 299 g/mol. The molecule has 1 aromatic rings. The summed E-state index contributed by atoms with van der Waals surface area (Å²) in [6.07, 6.45) is 2.88. The minimum absolute atomic E-state index is 0.124. The van der Waals surface area contributed by atoms with Gasteiger partial charge in [0.05, 0.1) is 6.61 Å². The fourth-order valence-electron chi connectivity index (χ4n) is 2.43. The summed E-state index contributed by atoms with van der Waals surface area (Å²) in [7, 11) is 0. The van der Waals surface area contributed by atoms with Gasteiger partial charge in [0.25, 0.3) is 0 Å². The van der Waals surface area contributed by atoms with Gasteiger partial charge in [-0.15, -0.1) is 0 Å². The molecule has 1 aliphatic rings. The van der Waals surface area contributed by atoms with Gasteiger partial charge in [0.2, 0.25) is 0 Å². The lowest BCUT2D eigenvalue weighted by Gasteiger charge is -2.29. The Morgan fingerprint density at radius 3 is 2.94 bits per heavy atom. The van der Waals surface area contributed by atoms with Gasteiger partial charge >= 0.3 is 0 Å². The molecule has 3 N–H and O–H groups in total. The Kier molecular flexibility index (Phi) is 5.12. The van der Waals surface area contributed by atoms with Crippen molar-refractivity contribution in [2.24, 2.45) is 11.8 Å². The Hall–Kier alpha value is -0.490. The fraction of sp³-hybridized carbons (Fsp3) is 0.538. The molecule has 1 saturated heterocycles. The van der Waals surface area contributed by atoms with Crippen LogP contribution in [-0.4, -0.2) is 19.3 Å². The van der Waals surface area contributed by atoms with Crippen LogP contribution in [0, 0.1) is 11.7 Å². The van der Waals surface area contributed by atoms with E-state index in [1.165, 1.54) is 6.07 Å². The number of hydrogen-bond acceptors (Lipinski definition) is 3. The Balaban J connectivity index is 2.04. The fourth-order valence-corrected chi connectivity index (χ4v) is 2.94. The van der Waals surface area contributed by atoms with Crippen LogP contribution in [0.2, 0.25) is 0 Å². The van der Waals surface area contributed by atoms with E-state index >= 15 is 0 Å². The van der Waals surface area contributed by atoms with E-state index in [1.807, 2.05) is 6.07 Å². The molecule has 1 heterocycles. The number of benzene rings is 1. The molecule has 5 heteroatoms. The van der Waals surface area contributed by atoms with Gasteiger partial charge in [-0.1, -0.05) is 15.9 Å². The van der Waals surface area contributed by atoms with Crippen LogP contribution in [0.3, 0.4) is 0 Å². The van der Waals surface area contributed by atoms with Crippen LogP contribution in [0.15, 0.2) is 22.7 Å². The van der Waals surface area contributed by atoms with Gasteiger partial charge in [-0.05, 0) is 48.9 Å². The number of ether oxygens (including phenoxy) is 1. The second kappa shape index (κ2) is 6.61. The molecule has 0 amide bonds. The highest BCUT2D eigenvalue weighted by Gasteiger charge is 2.23. The summed E-state index contributed by atoms with van der Waals surface area (Å²) in [6.45, 7) is 1.56. The molecule has 1 fully saturated rings. The lowest BCUT2D eigenvalue weighted by atomic mass is 9.90. The van der Waals surface area contributed by atoms with Gasteiger partial charge in [-0.2, -0.15) is 0 Å². The van der Waals surface area contributed by atoms with Crippen LogP contribution in [0.1, 0.15) is 18.4 Å². The number of nitrogens with two attached hydrogens (primary N) is 1. The second-order valence-electron chi connectivity index (χ2n) is 4.73. The van der Waals surface area contributed by atoms with Crippen LogP contribution in [0.4, 0.5) is 4.39 Å². The van der Waals surface area contributed by atoms with Crippen molar-refractivity contribution in [3.63, 3.8) is 0 Å². The molecular formula is C13H18BrFN2O. The molecule has 1 aromatic carbocycles. The van der Waals surface area contributed by atoms with E-state index in [0.29, 0.717) is 12.3 Å². The first-order valence-corrected chi connectivity index (χ1v) is 6.97. The lowest BCUT2D eigenvalue weighted by molar-refractivity contribution is 0.0393. The van der Waals surface area contributed by atoms with Gasteiger partial charge < -0.3 is 4.74 Å². The molecule has 2 rings (SSSR count). The van der Waals surface area contributed by atoms with Crippen molar-refractivity contribution in [3.05, 3.63) is 34.1 Å². The zero-order valence-electron chi connectivity index (χ0n) is 10.2. The SMILES string of the molecule is NNC(Cc1cc(F)cc(Br)c1)C1CCCOC1. The summed E-state index contributed by atoms with van der Waals surface area (Å²) in [6, 6.07) is 5.06. The van der Waals surface area contributed by atoms with E-state index in [4.69, 9.17) is 10.6 Å². The van der Waals surface area contributed by atoms with Crippen molar-refractivity contribution in [2.75, 3.05) is 13.2 Å². The average molecular weight is 317 g/mol. The number of nitrogens with one attached hydrogen (secondary N) is 1. The molecule has 0 spiro atoms. The average Bonchev–Trinajstić information content (AvgIpc) is 2.36. The third-order valence-corrected chi connectivity index (χ3v) is 3.81. The van der Waals surface area contributed by atoms with Crippen molar-refractivity contribution in [1.82, 2.24) is 5.43 Å². The summed E-state index contributed by atoms with van der Waals surface area (Å²) in [5.41, 5.74) is 3.78. The maximum absolute atomic E-state index is 13.3. The van der Waals surface area contributed by atoms with Crippen LogP contribution in [-0.2, 0) is 11.2 Å². The summed E-state index contributed by atoms with van der Waals surface area (Å²) >= 11 is 3.30. The first-order valence-electron chi connectivity index (χ1n) is 6.18. The molecule has 0 aliphatic carbocycles. The highest BCUT2D eigenvalue weighted by Crippen LogP contribution is 2.22. The molecule has 0 saturated carbocycles. The summed E-state index contributed by atoms with van der Waals surface area (Å²) < 4.78 is 19.5. The second-order valence-corrected chi connectivity index (χ2v) is 5.65. The van der Waals surface area contributed by atoms with Gasteiger partial charge in [-0.3, -0.25) is 11.3 Å². The first kappa shape index (κ1) is 13.9. The normalized spacial score (nSPS) is 21.8. The molecule has 0 aromatic heterocycles. The van der Waals surface area contributed by atoms with E-state index < -0.39 is 0 Å². The van der Waals surface area contributed by atoms with Crippen molar-refractivity contribution in [3.8, 4) is 0 Å².